The zero-order valence-corrected chi connectivity index (χ0v) is 14.9. The first-order valence-corrected chi connectivity index (χ1v) is 9.53. The molecule has 0 aliphatic carbocycles. The molecule has 0 aromatic carbocycles. The summed E-state index contributed by atoms with van der Waals surface area (Å²) in [5, 5.41) is 0. The Kier molecular flexibility index (Phi) is 15.6. The Balaban J connectivity index is 3.35. The van der Waals surface area contributed by atoms with Crippen LogP contribution < -0.4 is 22.9 Å². The summed E-state index contributed by atoms with van der Waals surface area (Å²) < 4.78 is 0. The topological polar surface area (TPSA) is 104 Å². The van der Waals surface area contributed by atoms with Gasteiger partial charge in [0.1, 0.15) is 0 Å². The molecule has 0 aliphatic rings. The molecule has 0 aliphatic heterocycles. The van der Waals surface area contributed by atoms with Crippen LogP contribution in [0.15, 0.2) is 0 Å². The highest BCUT2D eigenvalue weighted by atomic mass is 14.8. The summed E-state index contributed by atoms with van der Waals surface area (Å²) in [6.45, 7) is 3.76. The number of rotatable bonds is 16. The van der Waals surface area contributed by atoms with E-state index < -0.39 is 0 Å². The molecule has 134 valence electrons. The highest BCUT2D eigenvalue weighted by molar-refractivity contribution is 4.76. The molecule has 0 spiro atoms. The lowest BCUT2D eigenvalue weighted by Gasteiger charge is -2.21. The molecule has 0 heterocycles. The van der Waals surface area contributed by atoms with Crippen molar-refractivity contribution in [1.82, 2.24) is 0 Å². The van der Waals surface area contributed by atoms with Gasteiger partial charge in [-0.2, -0.15) is 0 Å². The molecule has 0 saturated heterocycles. The molecule has 0 aromatic rings. The Morgan fingerprint density at radius 3 is 1.55 bits per heavy atom. The molecule has 22 heavy (non-hydrogen) atoms. The predicted octanol–water partition coefficient (Wildman–Crippen LogP) is 2.88. The van der Waals surface area contributed by atoms with Gasteiger partial charge in [0.25, 0.3) is 0 Å². The molecular formula is C18H42N4. The summed E-state index contributed by atoms with van der Waals surface area (Å²) >= 11 is 0. The van der Waals surface area contributed by atoms with Gasteiger partial charge < -0.3 is 22.9 Å². The van der Waals surface area contributed by atoms with E-state index in [0.717, 1.165) is 32.4 Å². The fourth-order valence-electron chi connectivity index (χ4n) is 2.78. The van der Waals surface area contributed by atoms with Gasteiger partial charge in [0.15, 0.2) is 0 Å². The van der Waals surface area contributed by atoms with Gasteiger partial charge >= 0.3 is 0 Å². The van der Waals surface area contributed by atoms with Crippen LogP contribution in [0.3, 0.4) is 0 Å². The second-order valence-electron chi connectivity index (χ2n) is 7.01. The fourth-order valence-corrected chi connectivity index (χ4v) is 2.78. The van der Waals surface area contributed by atoms with Crippen LogP contribution in [-0.4, -0.2) is 25.2 Å². The molecular weight excluding hydrogens is 272 g/mol. The van der Waals surface area contributed by atoms with E-state index in [1.54, 1.807) is 0 Å². The van der Waals surface area contributed by atoms with Crippen molar-refractivity contribution in [2.45, 2.75) is 96.1 Å². The molecule has 8 N–H and O–H groups in total. The normalized spacial score (nSPS) is 15.7. The van der Waals surface area contributed by atoms with Crippen LogP contribution in [0.2, 0.25) is 0 Å². The zero-order chi connectivity index (χ0) is 16.6. The lowest BCUT2D eigenvalue weighted by molar-refractivity contribution is 0.406. The summed E-state index contributed by atoms with van der Waals surface area (Å²) in [5.74, 6) is 0.558. The molecule has 0 saturated carbocycles. The van der Waals surface area contributed by atoms with E-state index in [1.165, 1.54) is 57.8 Å². The second kappa shape index (κ2) is 15.7. The minimum Gasteiger partial charge on any atom is -0.330 e. The monoisotopic (exact) mass is 314 g/mol. The predicted molar refractivity (Wildman–Crippen MR) is 98.6 cm³/mol. The fraction of sp³-hybridized carbons (Fsp3) is 1.00. The van der Waals surface area contributed by atoms with Crippen molar-refractivity contribution in [3.63, 3.8) is 0 Å². The highest BCUT2D eigenvalue weighted by Crippen LogP contribution is 2.13. The van der Waals surface area contributed by atoms with Crippen LogP contribution in [0.4, 0.5) is 0 Å². The van der Waals surface area contributed by atoms with Crippen LogP contribution in [0.1, 0.15) is 84.0 Å². The standard InChI is InChI=1S/C18H42N4/c1-16(15-20)12-13-18(22)17(21)11-9-7-5-3-2-4-6-8-10-14-19/h16-18H,2-15,19-22H2,1H3. The van der Waals surface area contributed by atoms with E-state index in [1.807, 2.05) is 0 Å². The first kappa shape index (κ1) is 21.8. The Bertz CT molecular complexity index is 223. The summed E-state index contributed by atoms with van der Waals surface area (Å²) in [4.78, 5) is 0. The minimum absolute atomic E-state index is 0.136. The first-order chi connectivity index (χ1) is 10.6. The van der Waals surface area contributed by atoms with Crippen molar-refractivity contribution in [3.05, 3.63) is 0 Å². The quantitative estimate of drug-likeness (QED) is 0.329. The van der Waals surface area contributed by atoms with Gasteiger partial charge in [0.05, 0.1) is 0 Å². The summed E-state index contributed by atoms with van der Waals surface area (Å²) in [5.41, 5.74) is 23.5. The molecule has 3 atom stereocenters. The second-order valence-corrected chi connectivity index (χ2v) is 7.01. The van der Waals surface area contributed by atoms with Gasteiger partial charge in [0.2, 0.25) is 0 Å². The maximum Gasteiger partial charge on any atom is 0.0192 e. The number of nitrogens with two attached hydrogens (primary N) is 4. The van der Waals surface area contributed by atoms with Gasteiger partial charge in [-0.15, -0.1) is 0 Å². The van der Waals surface area contributed by atoms with Crippen LogP contribution in [0.5, 0.6) is 0 Å². The third kappa shape index (κ3) is 13.5. The van der Waals surface area contributed by atoms with Gasteiger partial charge in [0, 0.05) is 12.1 Å². The highest BCUT2D eigenvalue weighted by Gasteiger charge is 2.13. The number of unbranched alkanes of at least 4 members (excludes halogenated alkanes) is 8. The SMILES string of the molecule is CC(CN)CCC(N)C(N)CCCCCCCCCCCN. The van der Waals surface area contributed by atoms with Crippen LogP contribution in [0.25, 0.3) is 0 Å². The molecule has 0 aromatic heterocycles. The zero-order valence-electron chi connectivity index (χ0n) is 14.9. The minimum atomic E-state index is 0.136. The van der Waals surface area contributed by atoms with Crippen molar-refractivity contribution in [3.8, 4) is 0 Å². The maximum absolute atomic E-state index is 6.19. The Labute approximate surface area is 138 Å². The van der Waals surface area contributed by atoms with Crippen LogP contribution >= 0.6 is 0 Å². The van der Waals surface area contributed by atoms with E-state index in [0.29, 0.717) is 5.92 Å². The van der Waals surface area contributed by atoms with Gasteiger partial charge in [-0.25, -0.2) is 0 Å². The first-order valence-electron chi connectivity index (χ1n) is 9.53. The van der Waals surface area contributed by atoms with Gasteiger partial charge in [-0.1, -0.05) is 58.3 Å². The average molecular weight is 315 g/mol. The summed E-state index contributed by atoms with van der Waals surface area (Å²) in [6.07, 6.45) is 14.9. The Morgan fingerprint density at radius 1 is 0.591 bits per heavy atom. The van der Waals surface area contributed by atoms with Crippen molar-refractivity contribution in [2.24, 2.45) is 28.9 Å². The van der Waals surface area contributed by atoms with Crippen LogP contribution in [-0.2, 0) is 0 Å². The maximum atomic E-state index is 6.19. The summed E-state index contributed by atoms with van der Waals surface area (Å²) in [7, 11) is 0. The molecule has 0 fully saturated rings. The average Bonchev–Trinajstić information content (AvgIpc) is 2.53. The van der Waals surface area contributed by atoms with Crippen molar-refractivity contribution >= 4 is 0 Å². The molecule has 0 amide bonds. The molecule has 0 rings (SSSR count). The smallest absolute Gasteiger partial charge is 0.0192 e. The van der Waals surface area contributed by atoms with E-state index in [4.69, 9.17) is 22.9 Å². The largest absolute Gasteiger partial charge is 0.330 e. The Morgan fingerprint density at radius 2 is 1.05 bits per heavy atom. The van der Waals surface area contributed by atoms with Crippen molar-refractivity contribution in [1.29, 1.82) is 0 Å². The van der Waals surface area contributed by atoms with Gasteiger partial charge in [-0.05, 0) is 44.7 Å². The van der Waals surface area contributed by atoms with E-state index >= 15 is 0 Å². The molecule has 0 radical (unpaired) electrons. The summed E-state index contributed by atoms with van der Waals surface area (Å²) in [6, 6.07) is 0.290. The number of hydrogen-bond acceptors (Lipinski definition) is 4. The van der Waals surface area contributed by atoms with E-state index in [9.17, 15) is 0 Å². The van der Waals surface area contributed by atoms with Crippen LogP contribution in [0, 0.1) is 5.92 Å². The third-order valence-electron chi connectivity index (χ3n) is 4.69. The Hall–Kier alpha value is -0.160. The van der Waals surface area contributed by atoms with E-state index in [-0.39, 0.29) is 12.1 Å². The van der Waals surface area contributed by atoms with Crippen molar-refractivity contribution < 1.29 is 0 Å². The third-order valence-corrected chi connectivity index (χ3v) is 4.69. The lowest BCUT2D eigenvalue weighted by Crippen LogP contribution is -2.41. The van der Waals surface area contributed by atoms with E-state index in [2.05, 4.69) is 6.92 Å². The molecule has 4 nitrogen and oxygen atoms in total. The van der Waals surface area contributed by atoms with Crippen molar-refractivity contribution in [2.75, 3.05) is 13.1 Å². The molecule has 3 unspecified atom stereocenters. The molecule has 4 heteroatoms. The number of hydrogen-bond donors (Lipinski definition) is 4. The van der Waals surface area contributed by atoms with Gasteiger partial charge in [-0.3, -0.25) is 0 Å². The lowest BCUT2D eigenvalue weighted by atomic mass is 9.95. The molecule has 0 bridgehead atoms.